The number of hydrogen-bond acceptors (Lipinski definition) is 5. The zero-order valence-corrected chi connectivity index (χ0v) is 26.7. The van der Waals surface area contributed by atoms with Crippen LogP contribution in [0.5, 0.6) is 0 Å². The predicted molar refractivity (Wildman–Crippen MR) is 174 cm³/mol. The number of fused-ring (bicyclic) bond motifs is 2. The number of benzene rings is 2. The fourth-order valence-corrected chi connectivity index (χ4v) is 10.1. The summed E-state index contributed by atoms with van der Waals surface area (Å²) < 4.78 is -1.61. The van der Waals surface area contributed by atoms with Gasteiger partial charge >= 0.3 is 0 Å². The molecule has 1 spiro atoms. The normalized spacial score (nSPS) is 31.0. The number of thioether (sulfide) groups is 1. The van der Waals surface area contributed by atoms with Crippen LogP contribution in [0.25, 0.3) is 0 Å². The molecule has 6 rings (SSSR count). The van der Waals surface area contributed by atoms with Crippen molar-refractivity contribution in [2.75, 3.05) is 19.7 Å². The maximum atomic E-state index is 14.9. The third-order valence-corrected chi connectivity index (χ3v) is 11.8. The Hall–Kier alpha value is -3.36. The average molecular weight is 614 g/mol. The van der Waals surface area contributed by atoms with Gasteiger partial charge in [0.15, 0.2) is 0 Å². The molecule has 2 unspecified atom stereocenters. The van der Waals surface area contributed by atoms with Gasteiger partial charge < -0.3 is 19.8 Å². The minimum atomic E-state index is -0.936. The summed E-state index contributed by atoms with van der Waals surface area (Å²) >= 11 is 1.60. The quantitative estimate of drug-likeness (QED) is 0.423. The van der Waals surface area contributed by atoms with Crippen LogP contribution in [0.1, 0.15) is 44.7 Å². The van der Waals surface area contributed by atoms with Crippen LogP contribution in [-0.4, -0.2) is 84.8 Å². The van der Waals surface area contributed by atoms with Crippen molar-refractivity contribution < 1.29 is 19.5 Å². The number of nitrogens with zero attached hydrogens (tertiary/aromatic N) is 3. The highest BCUT2D eigenvalue weighted by molar-refractivity contribution is 8.02. The SMILES string of the molecule is CCCC(C)N1CC=C[C@]23S[C@@]4(C)C=CCN(Cc5ccccc5)C(=O)[C@H]4[C@H]2C(=O)N([C@@H](CO)Cc2ccccc2)C3C1=O. The van der Waals surface area contributed by atoms with Crippen LogP contribution >= 0.6 is 11.8 Å². The van der Waals surface area contributed by atoms with E-state index in [0.29, 0.717) is 26.1 Å². The highest BCUT2D eigenvalue weighted by Crippen LogP contribution is 2.66. The van der Waals surface area contributed by atoms with Gasteiger partial charge in [-0.05, 0) is 37.8 Å². The second-order valence-electron chi connectivity index (χ2n) is 12.9. The number of aliphatic hydroxyl groups excluding tert-OH is 1. The van der Waals surface area contributed by atoms with Gasteiger partial charge in [0.05, 0.1) is 29.2 Å². The van der Waals surface area contributed by atoms with Crippen LogP contribution in [0.15, 0.2) is 85.0 Å². The van der Waals surface area contributed by atoms with Gasteiger partial charge in [-0.2, -0.15) is 0 Å². The lowest BCUT2D eigenvalue weighted by atomic mass is 9.74. The maximum absolute atomic E-state index is 14.9. The molecule has 0 saturated carbocycles. The monoisotopic (exact) mass is 613 g/mol. The van der Waals surface area contributed by atoms with Gasteiger partial charge in [0.25, 0.3) is 0 Å². The fraction of sp³-hybridized carbons (Fsp3) is 0.472. The second kappa shape index (κ2) is 12.2. The fourth-order valence-electron chi connectivity index (χ4n) is 7.98. The van der Waals surface area contributed by atoms with Gasteiger partial charge in [0.2, 0.25) is 17.7 Å². The molecule has 0 bridgehead atoms. The van der Waals surface area contributed by atoms with E-state index in [2.05, 4.69) is 32.9 Å². The van der Waals surface area contributed by atoms with E-state index in [9.17, 15) is 19.5 Å². The lowest BCUT2D eigenvalue weighted by Gasteiger charge is -2.41. The number of aliphatic hydroxyl groups is 1. The Morgan fingerprint density at radius 3 is 2.20 bits per heavy atom. The van der Waals surface area contributed by atoms with Crippen LogP contribution < -0.4 is 0 Å². The maximum Gasteiger partial charge on any atom is 0.247 e. The van der Waals surface area contributed by atoms with E-state index in [1.54, 1.807) is 16.7 Å². The third kappa shape index (κ3) is 5.10. The van der Waals surface area contributed by atoms with Crippen molar-refractivity contribution in [2.45, 2.75) is 74.2 Å². The number of likely N-dealkylation sites (tertiary alicyclic amines) is 1. The highest BCUT2D eigenvalue weighted by Gasteiger charge is 2.74. The molecule has 2 aromatic rings. The van der Waals surface area contributed by atoms with E-state index in [0.717, 1.165) is 24.0 Å². The van der Waals surface area contributed by atoms with Crippen LogP contribution in [0, 0.1) is 11.8 Å². The van der Waals surface area contributed by atoms with Crippen molar-refractivity contribution in [3.05, 3.63) is 96.1 Å². The Balaban J connectivity index is 1.45. The number of carbonyl (C=O) groups excluding carboxylic acids is 3. The summed E-state index contributed by atoms with van der Waals surface area (Å²) in [7, 11) is 0. The molecule has 4 aliphatic heterocycles. The first-order valence-corrected chi connectivity index (χ1v) is 16.7. The Labute approximate surface area is 265 Å². The molecule has 0 aliphatic carbocycles. The predicted octanol–water partition coefficient (Wildman–Crippen LogP) is 4.46. The number of carbonyl (C=O) groups is 3. The molecule has 3 amide bonds. The zero-order chi connectivity index (χ0) is 31.1. The third-order valence-electron chi connectivity index (χ3n) is 9.98. The van der Waals surface area contributed by atoms with E-state index < -0.39 is 33.4 Å². The minimum absolute atomic E-state index is 0.000334. The number of hydrogen-bond donors (Lipinski definition) is 1. The van der Waals surface area contributed by atoms with Crippen LogP contribution in [0.4, 0.5) is 0 Å². The molecule has 0 aromatic heterocycles. The van der Waals surface area contributed by atoms with Crippen LogP contribution in [0.3, 0.4) is 0 Å². The van der Waals surface area contributed by atoms with Gasteiger partial charge in [0.1, 0.15) is 6.04 Å². The van der Waals surface area contributed by atoms with E-state index in [4.69, 9.17) is 0 Å². The Morgan fingerprint density at radius 2 is 1.55 bits per heavy atom. The van der Waals surface area contributed by atoms with Gasteiger partial charge in [-0.3, -0.25) is 14.4 Å². The van der Waals surface area contributed by atoms with Crippen molar-refractivity contribution in [3.8, 4) is 0 Å². The molecule has 4 aliphatic rings. The van der Waals surface area contributed by atoms with Crippen LogP contribution in [0.2, 0.25) is 0 Å². The number of rotatable bonds is 9. The van der Waals surface area contributed by atoms with Gasteiger partial charge in [-0.15, -0.1) is 11.8 Å². The lowest BCUT2D eigenvalue weighted by Crippen LogP contribution is -2.58. The standard InChI is InChI=1S/C36H43N3O4S/c1-4-13-25(2)38-21-12-19-36-30(33(42)39(31(36)34(38)43)28(24-40)22-26-14-7-5-8-15-26)29-32(41)37(20-11-18-35(29,3)44-36)23-27-16-9-6-10-17-27/h5-12,14-19,25,28-31,40H,4,13,20-24H2,1-3H3/t25?,28-,29-,30+,31?,35+,36+/m1/s1. The summed E-state index contributed by atoms with van der Waals surface area (Å²) in [5, 5.41) is 10.8. The molecule has 2 aromatic carbocycles. The Kier molecular flexibility index (Phi) is 8.50. The lowest BCUT2D eigenvalue weighted by molar-refractivity contribution is -0.148. The molecule has 0 radical (unpaired) electrons. The Morgan fingerprint density at radius 1 is 0.886 bits per heavy atom. The largest absolute Gasteiger partial charge is 0.394 e. The minimum Gasteiger partial charge on any atom is -0.394 e. The highest BCUT2D eigenvalue weighted by atomic mass is 32.2. The van der Waals surface area contributed by atoms with Gasteiger partial charge in [-0.25, -0.2) is 0 Å². The molecule has 2 fully saturated rings. The van der Waals surface area contributed by atoms with Crippen molar-refractivity contribution in [1.82, 2.24) is 14.7 Å². The van der Waals surface area contributed by atoms with Gasteiger partial charge in [-0.1, -0.05) is 98.3 Å². The first-order valence-electron chi connectivity index (χ1n) is 15.9. The summed E-state index contributed by atoms with van der Waals surface area (Å²) in [4.78, 5) is 49.7. The Bertz CT molecular complexity index is 1450. The first kappa shape index (κ1) is 30.7. The molecular weight excluding hydrogens is 570 g/mol. The van der Waals surface area contributed by atoms with Crippen molar-refractivity contribution in [1.29, 1.82) is 0 Å². The summed E-state index contributed by atoms with van der Waals surface area (Å²) in [6, 6.07) is 18.3. The van der Waals surface area contributed by atoms with Crippen LogP contribution in [-0.2, 0) is 27.3 Å². The summed E-state index contributed by atoms with van der Waals surface area (Å²) in [6.07, 6.45) is 10.5. The van der Waals surface area contributed by atoms with E-state index in [1.165, 1.54) is 0 Å². The average Bonchev–Trinajstić information content (AvgIpc) is 3.30. The molecule has 232 valence electrons. The summed E-state index contributed by atoms with van der Waals surface area (Å²) in [6.45, 7) is 7.33. The first-order chi connectivity index (χ1) is 21.2. The molecule has 7 nitrogen and oxygen atoms in total. The van der Waals surface area contributed by atoms with Crippen molar-refractivity contribution >= 4 is 29.5 Å². The van der Waals surface area contributed by atoms with E-state index in [-0.39, 0.29) is 30.4 Å². The number of amides is 3. The zero-order valence-electron chi connectivity index (χ0n) is 25.8. The summed E-state index contributed by atoms with van der Waals surface area (Å²) in [5.74, 6) is -1.75. The molecule has 2 saturated heterocycles. The van der Waals surface area contributed by atoms with Crippen molar-refractivity contribution in [3.63, 3.8) is 0 Å². The molecule has 1 N–H and O–H groups in total. The van der Waals surface area contributed by atoms with Crippen molar-refractivity contribution in [2.24, 2.45) is 11.8 Å². The molecule has 7 atom stereocenters. The second-order valence-corrected chi connectivity index (χ2v) is 14.7. The summed E-state index contributed by atoms with van der Waals surface area (Å²) in [5.41, 5.74) is 2.02. The molecule has 4 heterocycles. The molecular formula is C36H43N3O4S. The molecule has 44 heavy (non-hydrogen) atoms. The smallest absolute Gasteiger partial charge is 0.247 e. The topological polar surface area (TPSA) is 81.2 Å². The molecule has 8 heteroatoms. The van der Waals surface area contributed by atoms with E-state index >= 15 is 0 Å². The van der Waals surface area contributed by atoms with E-state index in [1.807, 2.05) is 82.6 Å². The van der Waals surface area contributed by atoms with Gasteiger partial charge in [0, 0.05) is 30.4 Å².